The second-order valence-corrected chi connectivity index (χ2v) is 8.42. The second-order valence-electron chi connectivity index (χ2n) is 5.90. The monoisotopic (exact) mass is 295 g/mol. The van der Waals surface area contributed by atoms with Crippen molar-refractivity contribution in [3.05, 3.63) is 0 Å². The molecule has 4 nitrogen and oxygen atoms in total. The van der Waals surface area contributed by atoms with E-state index in [-0.39, 0.29) is 11.4 Å². The lowest BCUT2D eigenvalue weighted by Gasteiger charge is -2.42. The van der Waals surface area contributed by atoms with Crippen LogP contribution in [0.15, 0.2) is 0 Å². The van der Waals surface area contributed by atoms with Gasteiger partial charge in [0.15, 0.2) is 0 Å². The van der Waals surface area contributed by atoms with Crippen LogP contribution in [0.5, 0.6) is 0 Å². The van der Waals surface area contributed by atoms with E-state index in [9.17, 15) is 8.42 Å². The lowest BCUT2D eigenvalue weighted by atomic mass is 10.1. The average molecular weight is 296 g/mol. The summed E-state index contributed by atoms with van der Waals surface area (Å²) in [6, 6.07) is 0. The Kier molecular flexibility index (Phi) is 4.26. The number of ether oxygens (including phenoxy) is 1. The molecule has 0 aromatic heterocycles. The first-order chi connectivity index (χ1) is 8.35. The maximum absolute atomic E-state index is 12.6. The maximum Gasteiger partial charge on any atom is 0.217 e. The predicted molar refractivity (Wildman–Crippen MR) is 72.4 cm³/mol. The molecule has 0 bridgehead atoms. The Labute approximate surface area is 115 Å². The van der Waals surface area contributed by atoms with Crippen LogP contribution in [0.2, 0.25) is 0 Å². The van der Waals surface area contributed by atoms with Crippen LogP contribution in [0.4, 0.5) is 0 Å². The molecule has 1 atom stereocenters. The van der Waals surface area contributed by atoms with Gasteiger partial charge in [-0.25, -0.2) is 8.42 Å². The molecule has 0 spiro atoms. The number of hydrogen-bond acceptors (Lipinski definition) is 3. The molecule has 0 aromatic rings. The van der Waals surface area contributed by atoms with Gasteiger partial charge >= 0.3 is 0 Å². The van der Waals surface area contributed by atoms with E-state index in [1.807, 2.05) is 13.8 Å². The van der Waals surface area contributed by atoms with E-state index >= 15 is 0 Å². The Hall–Kier alpha value is 0.160. The van der Waals surface area contributed by atoms with Crippen LogP contribution in [0.3, 0.4) is 0 Å². The van der Waals surface area contributed by atoms with E-state index in [1.54, 1.807) is 4.31 Å². The topological polar surface area (TPSA) is 46.6 Å². The molecule has 1 saturated heterocycles. The molecule has 6 heteroatoms. The molecule has 1 aliphatic heterocycles. The standard InChI is InChI=1S/C12H22ClNO3S/c1-12(2)9-14(8-10(7-13)17-12)18(15,16)11-5-3-4-6-11/h10-11H,3-9H2,1-2H3. The number of halogens is 1. The normalized spacial score (nSPS) is 30.7. The quantitative estimate of drug-likeness (QED) is 0.748. The van der Waals surface area contributed by atoms with Gasteiger partial charge in [0.25, 0.3) is 0 Å². The third-order valence-electron chi connectivity index (χ3n) is 3.71. The van der Waals surface area contributed by atoms with Gasteiger partial charge in [0, 0.05) is 19.0 Å². The minimum atomic E-state index is -3.18. The summed E-state index contributed by atoms with van der Waals surface area (Å²) < 4.78 is 32.5. The first kappa shape index (κ1) is 14.6. The van der Waals surface area contributed by atoms with Crippen LogP contribution in [-0.4, -0.2) is 48.6 Å². The van der Waals surface area contributed by atoms with Gasteiger partial charge in [0.1, 0.15) is 0 Å². The summed E-state index contributed by atoms with van der Waals surface area (Å²) in [4.78, 5) is 0. The Morgan fingerprint density at radius 1 is 1.33 bits per heavy atom. The first-order valence-electron chi connectivity index (χ1n) is 6.58. The third-order valence-corrected chi connectivity index (χ3v) is 6.36. The SMILES string of the molecule is CC1(C)CN(S(=O)(=O)C2CCCC2)CC(CCl)O1. The fraction of sp³-hybridized carbons (Fsp3) is 1.00. The lowest BCUT2D eigenvalue weighted by Crippen LogP contribution is -2.56. The van der Waals surface area contributed by atoms with Gasteiger partial charge in [-0.3, -0.25) is 0 Å². The molecule has 2 aliphatic rings. The van der Waals surface area contributed by atoms with E-state index in [0.717, 1.165) is 25.7 Å². The summed E-state index contributed by atoms with van der Waals surface area (Å²) in [5.74, 6) is 0.333. The number of morpholine rings is 1. The molecule has 1 heterocycles. The van der Waals surface area contributed by atoms with Crippen molar-refractivity contribution in [2.24, 2.45) is 0 Å². The summed E-state index contributed by atoms with van der Waals surface area (Å²) in [7, 11) is -3.18. The Balaban J connectivity index is 2.15. The summed E-state index contributed by atoms with van der Waals surface area (Å²) in [5.41, 5.74) is -0.455. The zero-order valence-corrected chi connectivity index (χ0v) is 12.6. The van der Waals surface area contributed by atoms with Crippen LogP contribution in [-0.2, 0) is 14.8 Å². The van der Waals surface area contributed by atoms with Crippen molar-refractivity contribution >= 4 is 21.6 Å². The van der Waals surface area contributed by atoms with Crippen LogP contribution in [0.25, 0.3) is 0 Å². The third kappa shape index (κ3) is 3.00. The number of hydrogen-bond donors (Lipinski definition) is 0. The molecule has 1 saturated carbocycles. The zero-order valence-electron chi connectivity index (χ0n) is 11.1. The Morgan fingerprint density at radius 3 is 2.50 bits per heavy atom. The molecule has 0 aromatic carbocycles. The molecule has 1 unspecified atom stereocenters. The molecular formula is C12H22ClNO3S. The summed E-state index contributed by atoms with van der Waals surface area (Å²) in [6.07, 6.45) is 3.44. The summed E-state index contributed by atoms with van der Waals surface area (Å²) >= 11 is 5.84. The van der Waals surface area contributed by atoms with Crippen molar-refractivity contribution in [2.75, 3.05) is 19.0 Å². The number of rotatable bonds is 3. The first-order valence-corrected chi connectivity index (χ1v) is 8.62. The van der Waals surface area contributed by atoms with Crippen molar-refractivity contribution < 1.29 is 13.2 Å². The molecule has 106 valence electrons. The van der Waals surface area contributed by atoms with E-state index in [4.69, 9.17) is 16.3 Å². The lowest BCUT2D eigenvalue weighted by molar-refractivity contribution is -0.108. The molecule has 1 aliphatic carbocycles. The Morgan fingerprint density at radius 2 is 1.94 bits per heavy atom. The highest BCUT2D eigenvalue weighted by Gasteiger charge is 2.42. The summed E-state index contributed by atoms with van der Waals surface area (Å²) in [5, 5.41) is -0.192. The van der Waals surface area contributed by atoms with E-state index in [0.29, 0.717) is 19.0 Å². The second kappa shape index (κ2) is 5.27. The van der Waals surface area contributed by atoms with Gasteiger partial charge in [-0.15, -0.1) is 11.6 Å². The fourth-order valence-electron chi connectivity index (χ4n) is 2.91. The van der Waals surface area contributed by atoms with Crippen molar-refractivity contribution in [1.82, 2.24) is 4.31 Å². The van der Waals surface area contributed by atoms with Crippen molar-refractivity contribution in [3.8, 4) is 0 Å². The fourth-order valence-corrected chi connectivity index (χ4v) is 5.29. The smallest absolute Gasteiger partial charge is 0.217 e. The van der Waals surface area contributed by atoms with E-state index in [2.05, 4.69) is 0 Å². The molecular weight excluding hydrogens is 274 g/mol. The highest BCUT2D eigenvalue weighted by molar-refractivity contribution is 7.89. The molecule has 18 heavy (non-hydrogen) atoms. The molecule has 2 rings (SSSR count). The van der Waals surface area contributed by atoms with Crippen LogP contribution in [0.1, 0.15) is 39.5 Å². The van der Waals surface area contributed by atoms with Gasteiger partial charge in [0.2, 0.25) is 10.0 Å². The zero-order chi connectivity index (χ0) is 13.4. The molecule has 0 radical (unpaired) electrons. The largest absolute Gasteiger partial charge is 0.368 e. The van der Waals surface area contributed by atoms with Gasteiger partial charge in [-0.05, 0) is 26.7 Å². The van der Waals surface area contributed by atoms with Gasteiger partial charge < -0.3 is 4.74 Å². The number of nitrogens with zero attached hydrogens (tertiary/aromatic N) is 1. The average Bonchev–Trinajstić information content (AvgIpc) is 2.80. The Bertz CT molecular complexity index is 390. The van der Waals surface area contributed by atoms with E-state index in [1.165, 1.54) is 0 Å². The minimum absolute atomic E-state index is 0.192. The molecule has 0 N–H and O–H groups in total. The number of sulfonamides is 1. The van der Waals surface area contributed by atoms with Crippen LogP contribution >= 0.6 is 11.6 Å². The molecule has 0 amide bonds. The maximum atomic E-state index is 12.6. The highest BCUT2D eigenvalue weighted by Crippen LogP contribution is 2.31. The number of alkyl halides is 1. The van der Waals surface area contributed by atoms with Crippen LogP contribution in [0, 0.1) is 0 Å². The molecule has 2 fully saturated rings. The van der Waals surface area contributed by atoms with Crippen molar-refractivity contribution in [2.45, 2.75) is 56.5 Å². The van der Waals surface area contributed by atoms with Crippen molar-refractivity contribution in [1.29, 1.82) is 0 Å². The minimum Gasteiger partial charge on any atom is -0.368 e. The van der Waals surface area contributed by atoms with E-state index < -0.39 is 15.6 Å². The highest BCUT2D eigenvalue weighted by atomic mass is 35.5. The van der Waals surface area contributed by atoms with Crippen molar-refractivity contribution in [3.63, 3.8) is 0 Å². The van der Waals surface area contributed by atoms with Gasteiger partial charge in [-0.1, -0.05) is 12.8 Å². The predicted octanol–water partition coefficient (Wildman–Crippen LogP) is 1.98. The summed E-state index contributed by atoms with van der Waals surface area (Å²) in [6.45, 7) is 4.66. The van der Waals surface area contributed by atoms with Crippen LogP contribution < -0.4 is 0 Å². The van der Waals surface area contributed by atoms with Gasteiger partial charge in [-0.2, -0.15) is 4.31 Å². The van der Waals surface area contributed by atoms with Gasteiger partial charge in [0.05, 0.1) is 17.0 Å².